The first kappa shape index (κ1) is 12.3. The first-order valence-electron chi connectivity index (χ1n) is 5.50. The van der Waals surface area contributed by atoms with Crippen molar-refractivity contribution in [1.29, 1.82) is 0 Å². The summed E-state index contributed by atoms with van der Waals surface area (Å²) in [6, 6.07) is 0. The monoisotopic (exact) mass is 298 g/mol. The van der Waals surface area contributed by atoms with E-state index >= 15 is 0 Å². The Hall–Kier alpha value is -1.14. The van der Waals surface area contributed by atoms with E-state index in [-0.39, 0.29) is 6.61 Å². The number of aryl methyl sites for hydroxylation is 2. The maximum atomic E-state index is 9.17. The number of aromatic nitrogens is 4. The van der Waals surface area contributed by atoms with E-state index in [1.807, 2.05) is 22.4 Å². The maximum Gasteiger partial charge on any atom is 0.134 e. The number of hydrogen-bond donors (Lipinski definition) is 1. The van der Waals surface area contributed by atoms with E-state index in [0.717, 1.165) is 22.4 Å². The molecule has 6 heteroatoms. The van der Waals surface area contributed by atoms with Gasteiger partial charge in [0.15, 0.2) is 0 Å². The summed E-state index contributed by atoms with van der Waals surface area (Å²) in [6.45, 7) is 5.46. The SMILES string of the molecule is CCn1nc(C)c(Br)c1Cn1ccnc1CO. The van der Waals surface area contributed by atoms with Crippen molar-refractivity contribution in [2.45, 2.75) is 33.5 Å². The number of aliphatic hydroxyl groups excluding tert-OH is 1. The van der Waals surface area contributed by atoms with Gasteiger partial charge in [-0.2, -0.15) is 5.10 Å². The summed E-state index contributed by atoms with van der Waals surface area (Å²) in [4.78, 5) is 4.09. The average Bonchev–Trinajstić information content (AvgIpc) is 2.88. The largest absolute Gasteiger partial charge is 0.388 e. The number of aliphatic hydroxyl groups is 1. The van der Waals surface area contributed by atoms with Crippen LogP contribution in [-0.4, -0.2) is 24.4 Å². The van der Waals surface area contributed by atoms with Crippen LogP contribution in [0.2, 0.25) is 0 Å². The van der Waals surface area contributed by atoms with Crippen LogP contribution in [0.5, 0.6) is 0 Å². The number of imidazole rings is 1. The van der Waals surface area contributed by atoms with Crippen LogP contribution < -0.4 is 0 Å². The van der Waals surface area contributed by atoms with Gasteiger partial charge >= 0.3 is 0 Å². The zero-order valence-electron chi connectivity index (χ0n) is 9.89. The fourth-order valence-electron chi connectivity index (χ4n) is 1.82. The molecule has 0 amide bonds. The van der Waals surface area contributed by atoms with E-state index in [4.69, 9.17) is 5.11 Å². The smallest absolute Gasteiger partial charge is 0.134 e. The van der Waals surface area contributed by atoms with Crippen molar-refractivity contribution in [1.82, 2.24) is 19.3 Å². The lowest BCUT2D eigenvalue weighted by Crippen LogP contribution is -2.10. The highest BCUT2D eigenvalue weighted by Crippen LogP contribution is 2.22. The topological polar surface area (TPSA) is 55.9 Å². The van der Waals surface area contributed by atoms with Gasteiger partial charge in [0.1, 0.15) is 12.4 Å². The number of halogens is 1. The summed E-state index contributed by atoms with van der Waals surface area (Å²) in [5.74, 6) is 0.665. The van der Waals surface area contributed by atoms with Gasteiger partial charge in [-0.25, -0.2) is 4.98 Å². The van der Waals surface area contributed by atoms with Crippen molar-refractivity contribution in [2.75, 3.05) is 0 Å². The minimum absolute atomic E-state index is 0.0517. The third-order valence-corrected chi connectivity index (χ3v) is 3.75. The third-order valence-electron chi connectivity index (χ3n) is 2.72. The zero-order valence-corrected chi connectivity index (χ0v) is 11.5. The second-order valence-electron chi connectivity index (χ2n) is 3.79. The Morgan fingerprint density at radius 3 is 2.88 bits per heavy atom. The first-order chi connectivity index (χ1) is 8.17. The normalized spacial score (nSPS) is 11.1. The molecule has 17 heavy (non-hydrogen) atoms. The van der Waals surface area contributed by atoms with Crippen molar-refractivity contribution >= 4 is 15.9 Å². The molecule has 1 N–H and O–H groups in total. The van der Waals surface area contributed by atoms with Gasteiger partial charge in [-0.05, 0) is 29.8 Å². The Morgan fingerprint density at radius 1 is 1.47 bits per heavy atom. The second-order valence-corrected chi connectivity index (χ2v) is 4.58. The van der Waals surface area contributed by atoms with Crippen LogP contribution in [-0.2, 0) is 19.7 Å². The molecule has 2 aromatic rings. The first-order valence-corrected chi connectivity index (χ1v) is 6.29. The van der Waals surface area contributed by atoms with Crippen molar-refractivity contribution in [3.63, 3.8) is 0 Å². The molecule has 0 unspecified atom stereocenters. The van der Waals surface area contributed by atoms with Crippen molar-refractivity contribution < 1.29 is 5.11 Å². The number of hydrogen-bond acceptors (Lipinski definition) is 3. The quantitative estimate of drug-likeness (QED) is 0.935. The Bertz CT molecular complexity index is 518. The van der Waals surface area contributed by atoms with Crippen LogP contribution in [0.25, 0.3) is 0 Å². The molecule has 0 saturated carbocycles. The Labute approximate surface area is 108 Å². The summed E-state index contributed by atoms with van der Waals surface area (Å²) in [7, 11) is 0. The highest BCUT2D eigenvalue weighted by molar-refractivity contribution is 9.10. The van der Waals surface area contributed by atoms with E-state index in [9.17, 15) is 0 Å². The van der Waals surface area contributed by atoms with Gasteiger partial charge in [-0.15, -0.1) is 0 Å². The van der Waals surface area contributed by atoms with E-state index in [2.05, 4.69) is 32.9 Å². The fraction of sp³-hybridized carbons (Fsp3) is 0.455. The highest BCUT2D eigenvalue weighted by atomic mass is 79.9. The van der Waals surface area contributed by atoms with E-state index < -0.39 is 0 Å². The van der Waals surface area contributed by atoms with Gasteiger partial charge in [-0.3, -0.25) is 4.68 Å². The van der Waals surface area contributed by atoms with Gasteiger partial charge in [0.05, 0.1) is 22.4 Å². The van der Waals surface area contributed by atoms with Gasteiger partial charge < -0.3 is 9.67 Å². The molecule has 0 aliphatic rings. The third kappa shape index (κ3) is 2.28. The minimum Gasteiger partial charge on any atom is -0.388 e. The fourth-order valence-corrected chi connectivity index (χ4v) is 2.23. The number of nitrogens with zero attached hydrogens (tertiary/aromatic N) is 4. The standard InChI is InChI=1S/C11H15BrN4O/c1-3-16-9(11(12)8(2)14-16)6-15-5-4-13-10(15)7-17/h4-5,17H,3,6-7H2,1-2H3. The molecule has 0 aliphatic heterocycles. The van der Waals surface area contributed by atoms with Gasteiger partial charge in [0.25, 0.3) is 0 Å². The lowest BCUT2D eigenvalue weighted by atomic mass is 10.3. The van der Waals surface area contributed by atoms with Crippen LogP contribution in [0.15, 0.2) is 16.9 Å². The lowest BCUT2D eigenvalue weighted by molar-refractivity contribution is 0.266. The molecule has 0 saturated heterocycles. The second kappa shape index (κ2) is 5.01. The van der Waals surface area contributed by atoms with Gasteiger partial charge in [0, 0.05) is 18.9 Å². The van der Waals surface area contributed by atoms with Crippen molar-refractivity contribution in [2.24, 2.45) is 0 Å². The van der Waals surface area contributed by atoms with Crippen LogP contribution >= 0.6 is 15.9 Å². The maximum absolute atomic E-state index is 9.17. The zero-order chi connectivity index (χ0) is 12.4. The van der Waals surface area contributed by atoms with Crippen LogP contribution in [0.3, 0.4) is 0 Å². The molecule has 0 radical (unpaired) electrons. The van der Waals surface area contributed by atoms with Gasteiger partial charge in [0.2, 0.25) is 0 Å². The van der Waals surface area contributed by atoms with E-state index in [1.54, 1.807) is 6.20 Å². The molecule has 0 spiro atoms. The Balaban J connectivity index is 2.35. The molecular weight excluding hydrogens is 284 g/mol. The molecule has 0 fully saturated rings. The molecule has 0 bridgehead atoms. The lowest BCUT2D eigenvalue weighted by Gasteiger charge is -2.08. The molecule has 0 aliphatic carbocycles. The Morgan fingerprint density at radius 2 is 2.24 bits per heavy atom. The highest BCUT2D eigenvalue weighted by Gasteiger charge is 2.13. The summed E-state index contributed by atoms with van der Waals surface area (Å²) in [6.07, 6.45) is 3.55. The molecule has 2 rings (SSSR count). The molecule has 0 aromatic carbocycles. The predicted octanol–water partition coefficient (Wildman–Crippen LogP) is 1.71. The van der Waals surface area contributed by atoms with Crippen LogP contribution in [0.1, 0.15) is 24.1 Å². The minimum atomic E-state index is -0.0517. The van der Waals surface area contributed by atoms with E-state index in [1.165, 1.54) is 0 Å². The molecule has 0 atom stereocenters. The van der Waals surface area contributed by atoms with Gasteiger partial charge in [-0.1, -0.05) is 0 Å². The van der Waals surface area contributed by atoms with Crippen molar-refractivity contribution in [3.8, 4) is 0 Å². The summed E-state index contributed by atoms with van der Waals surface area (Å²) in [5, 5.41) is 13.6. The molecule has 2 aromatic heterocycles. The summed E-state index contributed by atoms with van der Waals surface area (Å²) >= 11 is 3.55. The van der Waals surface area contributed by atoms with Crippen molar-refractivity contribution in [3.05, 3.63) is 34.1 Å². The summed E-state index contributed by atoms with van der Waals surface area (Å²) < 4.78 is 4.91. The van der Waals surface area contributed by atoms with Crippen LogP contribution in [0, 0.1) is 6.92 Å². The number of rotatable bonds is 4. The molecule has 5 nitrogen and oxygen atoms in total. The predicted molar refractivity (Wildman–Crippen MR) is 67.6 cm³/mol. The van der Waals surface area contributed by atoms with Crippen LogP contribution in [0.4, 0.5) is 0 Å². The molecule has 2 heterocycles. The van der Waals surface area contributed by atoms with E-state index in [0.29, 0.717) is 12.4 Å². The average molecular weight is 299 g/mol. The summed E-state index contributed by atoms with van der Waals surface area (Å²) in [5.41, 5.74) is 2.07. The molecular formula is C11H15BrN4O. The molecule has 92 valence electrons. The Kier molecular flexibility index (Phi) is 3.63.